The van der Waals surface area contributed by atoms with Crippen molar-refractivity contribution in [2.75, 3.05) is 33.3 Å². The molecule has 2 unspecified atom stereocenters. The molecule has 0 amide bonds. The average molecular weight is 287 g/mol. The number of hydrogen-bond acceptors (Lipinski definition) is 3. The Bertz CT molecular complexity index is 430. The molecule has 0 spiro atoms. The maximum Gasteiger partial charge on any atom is 0.123 e. The summed E-state index contributed by atoms with van der Waals surface area (Å²) in [6.45, 7) is 5.60. The van der Waals surface area contributed by atoms with Crippen LogP contribution in [0.15, 0.2) is 18.2 Å². The first-order valence-electron chi connectivity index (χ1n) is 6.62. The summed E-state index contributed by atoms with van der Waals surface area (Å²) in [7, 11) is 1.85. The first-order valence-corrected chi connectivity index (χ1v) is 6.99. The summed E-state index contributed by atoms with van der Waals surface area (Å²) in [6, 6.07) is 4.35. The Labute approximate surface area is 118 Å². The van der Waals surface area contributed by atoms with Crippen molar-refractivity contribution in [3.8, 4) is 0 Å². The van der Waals surface area contributed by atoms with Gasteiger partial charge in [0.1, 0.15) is 5.82 Å². The van der Waals surface area contributed by atoms with E-state index in [0.29, 0.717) is 11.6 Å². The highest BCUT2D eigenvalue weighted by Crippen LogP contribution is 2.28. The van der Waals surface area contributed by atoms with Crippen molar-refractivity contribution in [2.24, 2.45) is 0 Å². The Balaban J connectivity index is 2.21. The van der Waals surface area contributed by atoms with Gasteiger partial charge < -0.3 is 10.1 Å². The molecule has 3 nitrogen and oxygen atoms in total. The van der Waals surface area contributed by atoms with Gasteiger partial charge in [0.05, 0.1) is 18.8 Å². The third-order valence-corrected chi connectivity index (χ3v) is 3.94. The molecule has 0 aliphatic carbocycles. The monoisotopic (exact) mass is 286 g/mol. The number of likely N-dealkylation sites (N-methyl/N-ethyl adjacent to an activating group) is 2. The van der Waals surface area contributed by atoms with Crippen LogP contribution < -0.4 is 5.32 Å². The summed E-state index contributed by atoms with van der Waals surface area (Å²) in [5.41, 5.74) is 0.757. The van der Waals surface area contributed by atoms with Crippen LogP contribution in [0.3, 0.4) is 0 Å². The van der Waals surface area contributed by atoms with Crippen LogP contribution in [0.1, 0.15) is 18.5 Å². The normalized spacial score (nSPS) is 22.4. The lowest BCUT2D eigenvalue weighted by Gasteiger charge is -2.36. The quantitative estimate of drug-likeness (QED) is 0.920. The first-order chi connectivity index (χ1) is 9.15. The number of hydrogen-bond donors (Lipinski definition) is 1. The Morgan fingerprint density at radius 2 is 2.37 bits per heavy atom. The molecule has 1 aliphatic rings. The van der Waals surface area contributed by atoms with E-state index >= 15 is 0 Å². The van der Waals surface area contributed by atoms with E-state index in [1.165, 1.54) is 12.1 Å². The number of rotatable bonds is 4. The fraction of sp³-hybridized carbons (Fsp3) is 0.571. The number of halogens is 2. The van der Waals surface area contributed by atoms with Gasteiger partial charge in [0, 0.05) is 18.1 Å². The summed E-state index contributed by atoms with van der Waals surface area (Å²) >= 11 is 6.18. The predicted molar refractivity (Wildman–Crippen MR) is 75.1 cm³/mol. The summed E-state index contributed by atoms with van der Waals surface area (Å²) in [4.78, 5) is 2.33. The Hall–Kier alpha value is -0.680. The van der Waals surface area contributed by atoms with Crippen molar-refractivity contribution < 1.29 is 9.13 Å². The largest absolute Gasteiger partial charge is 0.374 e. The van der Waals surface area contributed by atoms with Gasteiger partial charge in [-0.2, -0.15) is 0 Å². The van der Waals surface area contributed by atoms with Gasteiger partial charge in [0.15, 0.2) is 0 Å². The number of nitrogens with one attached hydrogen (secondary N) is 1. The maximum absolute atomic E-state index is 13.4. The van der Waals surface area contributed by atoms with E-state index in [-0.39, 0.29) is 18.0 Å². The van der Waals surface area contributed by atoms with Gasteiger partial charge in [-0.3, -0.25) is 4.90 Å². The highest BCUT2D eigenvalue weighted by Gasteiger charge is 2.29. The van der Waals surface area contributed by atoms with Gasteiger partial charge in [-0.15, -0.1) is 0 Å². The lowest BCUT2D eigenvalue weighted by atomic mass is 10.00. The van der Waals surface area contributed by atoms with Crippen molar-refractivity contribution in [3.63, 3.8) is 0 Å². The fourth-order valence-corrected chi connectivity index (χ4v) is 2.75. The Kier molecular flexibility index (Phi) is 5.16. The second-order valence-corrected chi connectivity index (χ2v) is 5.14. The maximum atomic E-state index is 13.4. The van der Waals surface area contributed by atoms with E-state index in [4.69, 9.17) is 16.3 Å². The molecule has 0 aromatic heterocycles. The molecule has 0 saturated carbocycles. The van der Waals surface area contributed by atoms with Gasteiger partial charge in [0.25, 0.3) is 0 Å². The minimum absolute atomic E-state index is 0.0157. The van der Waals surface area contributed by atoms with Crippen LogP contribution in [0, 0.1) is 5.82 Å². The molecule has 2 rings (SSSR count). The van der Waals surface area contributed by atoms with E-state index in [1.807, 2.05) is 7.05 Å². The van der Waals surface area contributed by atoms with Crippen LogP contribution in [0.4, 0.5) is 4.39 Å². The summed E-state index contributed by atoms with van der Waals surface area (Å²) in [5, 5.41) is 3.77. The minimum Gasteiger partial charge on any atom is -0.374 e. The molecular weight excluding hydrogens is 267 g/mol. The molecule has 0 radical (unpaired) electrons. The van der Waals surface area contributed by atoms with Crippen molar-refractivity contribution in [1.82, 2.24) is 10.2 Å². The highest BCUT2D eigenvalue weighted by molar-refractivity contribution is 6.31. The standard InChI is InChI=1S/C14H20ClFN2O/c1-3-18-6-7-19-13(9-18)14(17-2)11-8-10(16)4-5-12(11)15/h4-5,8,13-14,17H,3,6-7,9H2,1-2H3. The van der Waals surface area contributed by atoms with Crippen molar-refractivity contribution in [3.05, 3.63) is 34.6 Å². The third-order valence-electron chi connectivity index (χ3n) is 3.60. The van der Waals surface area contributed by atoms with Crippen LogP contribution in [0.2, 0.25) is 5.02 Å². The van der Waals surface area contributed by atoms with E-state index in [2.05, 4.69) is 17.1 Å². The Morgan fingerprint density at radius 1 is 1.58 bits per heavy atom. The van der Waals surface area contributed by atoms with Crippen LogP contribution in [-0.4, -0.2) is 44.3 Å². The molecule has 2 atom stereocenters. The fourth-order valence-electron chi connectivity index (χ4n) is 2.52. The van der Waals surface area contributed by atoms with Crippen molar-refractivity contribution >= 4 is 11.6 Å². The van der Waals surface area contributed by atoms with E-state index in [9.17, 15) is 4.39 Å². The highest BCUT2D eigenvalue weighted by atomic mass is 35.5. The van der Waals surface area contributed by atoms with Crippen LogP contribution in [-0.2, 0) is 4.74 Å². The smallest absolute Gasteiger partial charge is 0.123 e. The molecule has 1 aromatic rings. The topological polar surface area (TPSA) is 24.5 Å². The third kappa shape index (κ3) is 3.45. The molecular formula is C14H20ClFN2O. The molecule has 106 valence electrons. The van der Waals surface area contributed by atoms with Crippen LogP contribution in [0.5, 0.6) is 0 Å². The molecule has 0 bridgehead atoms. The number of nitrogens with zero attached hydrogens (tertiary/aromatic N) is 1. The molecule has 5 heteroatoms. The SMILES string of the molecule is CCN1CCOC(C(NC)c2cc(F)ccc2Cl)C1. The lowest BCUT2D eigenvalue weighted by molar-refractivity contribution is -0.0444. The van der Waals surface area contributed by atoms with E-state index < -0.39 is 0 Å². The second kappa shape index (κ2) is 6.66. The van der Waals surface area contributed by atoms with E-state index in [1.54, 1.807) is 6.07 Å². The zero-order chi connectivity index (χ0) is 13.8. The predicted octanol–water partition coefficient (Wildman–Crippen LogP) is 2.46. The second-order valence-electron chi connectivity index (χ2n) is 4.73. The van der Waals surface area contributed by atoms with Gasteiger partial charge in [-0.05, 0) is 37.4 Å². The molecule has 1 aromatic carbocycles. The molecule has 1 N–H and O–H groups in total. The summed E-state index contributed by atoms with van der Waals surface area (Å²) in [6.07, 6.45) is -0.0157. The molecule has 1 fully saturated rings. The van der Waals surface area contributed by atoms with Crippen LogP contribution >= 0.6 is 11.6 Å². The van der Waals surface area contributed by atoms with Gasteiger partial charge in [0.2, 0.25) is 0 Å². The van der Waals surface area contributed by atoms with Gasteiger partial charge in [-0.25, -0.2) is 4.39 Å². The van der Waals surface area contributed by atoms with Crippen molar-refractivity contribution in [2.45, 2.75) is 19.1 Å². The zero-order valence-corrected chi connectivity index (χ0v) is 12.1. The molecule has 1 saturated heterocycles. The van der Waals surface area contributed by atoms with Crippen molar-refractivity contribution in [1.29, 1.82) is 0 Å². The number of ether oxygens (including phenoxy) is 1. The number of benzene rings is 1. The zero-order valence-electron chi connectivity index (χ0n) is 11.3. The first kappa shape index (κ1) is 14.7. The summed E-state index contributed by atoms with van der Waals surface area (Å²) < 4.78 is 19.2. The number of morpholine rings is 1. The average Bonchev–Trinajstić information content (AvgIpc) is 2.44. The lowest BCUT2D eigenvalue weighted by Crippen LogP contribution is -2.47. The van der Waals surface area contributed by atoms with Gasteiger partial charge in [-0.1, -0.05) is 18.5 Å². The Morgan fingerprint density at radius 3 is 3.05 bits per heavy atom. The molecule has 1 heterocycles. The van der Waals surface area contributed by atoms with Gasteiger partial charge >= 0.3 is 0 Å². The minimum atomic E-state index is -0.275. The van der Waals surface area contributed by atoms with Crippen LogP contribution in [0.25, 0.3) is 0 Å². The molecule has 19 heavy (non-hydrogen) atoms. The van der Waals surface area contributed by atoms with E-state index in [0.717, 1.165) is 25.2 Å². The molecule has 1 aliphatic heterocycles. The summed E-state index contributed by atoms with van der Waals surface area (Å²) in [5.74, 6) is -0.275.